The fourth-order valence-corrected chi connectivity index (χ4v) is 21.7. The molecule has 0 saturated heterocycles. The molecular weight excluding hydrogens is 1510 g/mol. The minimum atomic E-state index is -0.571. The van der Waals surface area contributed by atoms with Gasteiger partial charge >= 0.3 is 0 Å². The lowest BCUT2D eigenvalue weighted by Crippen LogP contribution is -2.44. The van der Waals surface area contributed by atoms with E-state index in [1.54, 1.807) is 0 Å². The van der Waals surface area contributed by atoms with Crippen LogP contribution in [0.2, 0.25) is 0 Å². The monoisotopic (exact) mass is 1580 g/mol. The van der Waals surface area contributed by atoms with Crippen LogP contribution in [-0.2, 0) is 21.7 Å². The molecule has 8 nitrogen and oxygen atoms in total. The normalized spacial score (nSPS) is 15.6. The maximum Gasteiger partial charge on any atom is 0.164 e. The predicted octanol–water partition coefficient (Wildman–Crippen LogP) is 27.6. The van der Waals surface area contributed by atoms with Gasteiger partial charge in [0.25, 0.3) is 0 Å². The summed E-state index contributed by atoms with van der Waals surface area (Å²) in [5.41, 5.74) is 34.3. The first-order chi connectivity index (χ1) is 61.0. The molecule has 124 heavy (non-hydrogen) atoms. The van der Waals surface area contributed by atoms with Gasteiger partial charge in [0.15, 0.2) is 34.9 Å². The van der Waals surface area contributed by atoms with Crippen LogP contribution in [0.25, 0.3) is 157 Å². The van der Waals surface area contributed by atoms with Crippen LogP contribution < -0.4 is 0 Å². The van der Waals surface area contributed by atoms with Gasteiger partial charge in [0, 0.05) is 65.8 Å². The van der Waals surface area contributed by atoms with Crippen LogP contribution in [0, 0.1) is 0 Å². The highest BCUT2D eigenvalue weighted by Gasteiger charge is 2.55. The van der Waals surface area contributed by atoms with Gasteiger partial charge in [0.2, 0.25) is 0 Å². The molecule has 584 valence electrons. The summed E-state index contributed by atoms with van der Waals surface area (Å²) >= 11 is 0. The molecule has 2 unspecified atom stereocenters. The Morgan fingerprint density at radius 1 is 0.185 bits per heavy atom. The summed E-state index contributed by atoms with van der Waals surface area (Å²) in [6, 6.07) is 149. The van der Waals surface area contributed by atoms with Gasteiger partial charge in [0.1, 0.15) is 0 Å². The van der Waals surface area contributed by atoms with E-state index >= 15 is 0 Å². The van der Waals surface area contributed by atoms with E-state index in [-0.39, 0.29) is 10.8 Å². The van der Waals surface area contributed by atoms with Crippen molar-refractivity contribution in [3.63, 3.8) is 0 Å². The van der Waals surface area contributed by atoms with Gasteiger partial charge in [-0.15, -0.1) is 0 Å². The molecule has 17 aromatic carbocycles. The number of rotatable bonds is 9. The smallest absolute Gasteiger partial charge is 0.164 e. The number of hydrogen-bond donors (Lipinski definition) is 0. The van der Waals surface area contributed by atoms with Gasteiger partial charge < -0.3 is 9.13 Å². The number of fused-ring (bicyclic) bond motifs is 22. The third-order valence-electron chi connectivity index (χ3n) is 27.0. The number of para-hydroxylation sites is 6. The van der Waals surface area contributed by atoms with Crippen LogP contribution in [0.1, 0.15) is 94.5 Å². The lowest BCUT2D eigenvalue weighted by atomic mass is 9.52. The molecule has 4 aromatic heterocycles. The van der Waals surface area contributed by atoms with Gasteiger partial charge in [-0.2, -0.15) is 0 Å². The average Bonchev–Trinajstić information content (AvgIpc) is 1.08. The van der Waals surface area contributed by atoms with E-state index in [1.807, 2.05) is 60.7 Å². The van der Waals surface area contributed by atoms with Crippen molar-refractivity contribution in [2.75, 3.05) is 0 Å². The molecule has 0 saturated carbocycles. The summed E-state index contributed by atoms with van der Waals surface area (Å²) in [6.45, 7) is 9.62. The van der Waals surface area contributed by atoms with Crippen LogP contribution in [0.5, 0.6) is 0 Å². The Morgan fingerprint density at radius 2 is 0.452 bits per heavy atom. The SMILES string of the molecule is CC1(C)c2ccccc2C2(c3ccccc3-n3c4ccccc4c4cccc2c43)c2cccc(-c3ccc(-c4nc(-c5ccccc5)nc(-c5ccc(-c6ccccc6)cc5)n4)cc3)c21.CC1(C)c2ccccc2C2(c3ccccc3-n3c4ccccc4c4cccc2c43)c2cccc(-c3cccc(-c4nc(-c5ccccc5)nc(-c5ccccc5)n4)c3)c21. The van der Waals surface area contributed by atoms with Gasteiger partial charge in [0.05, 0.1) is 44.3 Å². The predicted molar refractivity (Wildman–Crippen MR) is 505 cm³/mol. The van der Waals surface area contributed by atoms with Crippen molar-refractivity contribution >= 4 is 43.6 Å². The molecule has 25 rings (SSSR count). The molecule has 0 radical (unpaired) electrons. The van der Waals surface area contributed by atoms with E-state index in [0.717, 1.165) is 50.1 Å². The summed E-state index contributed by atoms with van der Waals surface area (Å²) in [4.78, 5) is 30.4. The zero-order chi connectivity index (χ0) is 82.6. The van der Waals surface area contributed by atoms with Gasteiger partial charge in [-0.25, -0.2) is 29.9 Å². The molecule has 4 aliphatic rings. The highest BCUT2D eigenvalue weighted by molar-refractivity contribution is 6.14. The highest BCUT2D eigenvalue weighted by atomic mass is 15.1. The Morgan fingerprint density at radius 3 is 0.879 bits per heavy atom. The zero-order valence-electron chi connectivity index (χ0n) is 68.8. The lowest BCUT2D eigenvalue weighted by molar-refractivity contribution is 0.557. The van der Waals surface area contributed by atoms with Gasteiger partial charge in [-0.1, -0.05) is 410 Å². The minimum Gasteiger partial charge on any atom is -0.309 e. The van der Waals surface area contributed by atoms with Gasteiger partial charge in [-0.3, -0.25) is 0 Å². The summed E-state index contributed by atoms with van der Waals surface area (Å²) in [5.74, 6) is 3.87. The van der Waals surface area contributed by atoms with E-state index < -0.39 is 10.8 Å². The number of benzene rings is 17. The molecule has 2 aliphatic carbocycles. The molecule has 2 aliphatic heterocycles. The molecule has 0 fully saturated rings. The first-order valence-corrected chi connectivity index (χ1v) is 42.8. The highest BCUT2D eigenvalue weighted by Crippen LogP contribution is 2.64. The van der Waals surface area contributed by atoms with E-state index in [1.165, 1.54) is 138 Å². The maximum atomic E-state index is 5.13. The fraction of sp³-hybridized carbons (Fsp3) is 0.0690. The molecule has 6 heterocycles. The summed E-state index contributed by atoms with van der Waals surface area (Å²) < 4.78 is 5.03. The van der Waals surface area contributed by atoms with Crippen molar-refractivity contribution in [2.24, 2.45) is 0 Å². The van der Waals surface area contributed by atoms with Crippen molar-refractivity contribution in [2.45, 2.75) is 49.4 Å². The Hall–Kier alpha value is -15.6. The number of hydrogen-bond acceptors (Lipinski definition) is 6. The number of aromatic nitrogens is 8. The summed E-state index contributed by atoms with van der Waals surface area (Å²) in [5, 5.41) is 5.11. The van der Waals surface area contributed by atoms with Crippen molar-refractivity contribution in [1.29, 1.82) is 0 Å². The van der Waals surface area contributed by atoms with Crippen LogP contribution in [0.3, 0.4) is 0 Å². The third kappa shape index (κ3) is 10.7. The van der Waals surface area contributed by atoms with Crippen molar-refractivity contribution in [3.05, 3.63) is 479 Å². The maximum absolute atomic E-state index is 5.13. The molecule has 2 spiro atoms. The quantitative estimate of drug-likeness (QED) is 0.143. The van der Waals surface area contributed by atoms with E-state index in [2.05, 4.69) is 389 Å². The van der Waals surface area contributed by atoms with Crippen molar-refractivity contribution < 1.29 is 0 Å². The molecule has 0 bridgehead atoms. The fourth-order valence-electron chi connectivity index (χ4n) is 21.7. The molecule has 0 N–H and O–H groups in total. The topological polar surface area (TPSA) is 87.2 Å². The van der Waals surface area contributed by atoms with Crippen LogP contribution >= 0.6 is 0 Å². The van der Waals surface area contributed by atoms with Crippen LogP contribution in [0.15, 0.2) is 413 Å². The molecule has 2 atom stereocenters. The van der Waals surface area contributed by atoms with Gasteiger partial charge in [-0.05, 0) is 130 Å². The second kappa shape index (κ2) is 28.0. The first-order valence-electron chi connectivity index (χ1n) is 42.8. The Kier molecular flexibility index (Phi) is 16.3. The molecule has 21 aromatic rings. The first kappa shape index (κ1) is 72.4. The summed E-state index contributed by atoms with van der Waals surface area (Å²) in [7, 11) is 0. The van der Waals surface area contributed by atoms with Crippen molar-refractivity contribution in [1.82, 2.24) is 39.0 Å². The summed E-state index contributed by atoms with van der Waals surface area (Å²) in [6.07, 6.45) is 0. The Balaban J connectivity index is 0.000000140. The Bertz CT molecular complexity index is 7840. The number of nitrogens with zero attached hydrogens (tertiary/aromatic N) is 8. The third-order valence-corrected chi connectivity index (χ3v) is 27.0. The minimum absolute atomic E-state index is 0.316. The molecular formula is C116H80N8. The van der Waals surface area contributed by atoms with Crippen LogP contribution in [-0.4, -0.2) is 39.0 Å². The average molecular weight is 1590 g/mol. The largest absolute Gasteiger partial charge is 0.309 e. The second-order valence-electron chi connectivity index (χ2n) is 34.3. The van der Waals surface area contributed by atoms with E-state index in [9.17, 15) is 0 Å². The lowest BCUT2D eigenvalue weighted by Gasteiger charge is -2.50. The van der Waals surface area contributed by atoms with Crippen LogP contribution in [0.4, 0.5) is 0 Å². The Labute approximate surface area is 719 Å². The molecule has 0 amide bonds. The van der Waals surface area contributed by atoms with Crippen molar-refractivity contribution in [3.8, 4) is 113 Å². The van der Waals surface area contributed by atoms with E-state index in [4.69, 9.17) is 29.9 Å². The zero-order valence-corrected chi connectivity index (χ0v) is 68.8. The van der Waals surface area contributed by atoms with E-state index in [0.29, 0.717) is 34.9 Å². The standard InChI is InChI=1S/C61H42N4.C55H38N4/c1-60(2)48-24-10-11-25-49(48)61(50-26-12-14-30-54(50)65-53-29-13-9-21-46(53)47-23-16-28-52(61)56(47)65)51-27-15-22-45(55(51)60)41-33-37-44(38-34-41)59-63-57(42-19-7-4-8-20-42)62-58(64-59)43-35-31-40(32-36-43)39-17-5-3-6-18-39;1-54(2)42-27-10-11-28-43(42)55(44-29-12-14-33-48(44)59-47-32-13-9-24-40(47)41-26-17-31-46(55)50(41)59)45-30-16-25-39(49(45)54)37-22-15-23-38(34-37)53-57-51(35-18-5-3-6-19-35)56-52(58-53)36-20-7-4-8-21-36/h3-38H,1-2H3;3-34H,1-2H3. The second-order valence-corrected chi connectivity index (χ2v) is 34.3. The molecule has 8 heteroatoms.